The molecular weight excluding hydrogens is 657 g/mol. The van der Waals surface area contributed by atoms with E-state index in [4.69, 9.17) is 9.47 Å². The van der Waals surface area contributed by atoms with Gasteiger partial charge in [0.15, 0.2) is 0 Å². The molecule has 1 saturated carbocycles. The molecule has 324 valence electrons. The van der Waals surface area contributed by atoms with Gasteiger partial charge >= 0.3 is 0 Å². The number of rotatable bonds is 32. The Morgan fingerprint density at radius 1 is 0.444 bits per heavy atom. The molecule has 0 saturated heterocycles. The van der Waals surface area contributed by atoms with Gasteiger partial charge in [0.05, 0.1) is 22.4 Å². The molecule has 0 aromatic rings. The van der Waals surface area contributed by atoms with Crippen LogP contribution in [0, 0.1) is 22.2 Å². The van der Waals surface area contributed by atoms with Gasteiger partial charge in [0.1, 0.15) is 0 Å². The van der Waals surface area contributed by atoms with E-state index >= 15 is 0 Å². The van der Waals surface area contributed by atoms with Crippen molar-refractivity contribution < 1.29 is 9.47 Å². The van der Waals surface area contributed by atoms with Crippen LogP contribution in [0.2, 0.25) is 0 Å². The van der Waals surface area contributed by atoms with Crippen molar-refractivity contribution in [2.75, 3.05) is 0 Å². The Morgan fingerprint density at radius 2 is 0.852 bits per heavy atom. The summed E-state index contributed by atoms with van der Waals surface area (Å²) >= 11 is 0. The number of hydrogen-bond donors (Lipinski definition) is 0. The fraction of sp³-hybridized carbons (Fsp3) is 1.00. The molecule has 1 aliphatic rings. The summed E-state index contributed by atoms with van der Waals surface area (Å²) in [7, 11) is 0. The molecule has 0 spiro atoms. The predicted octanol–water partition coefficient (Wildman–Crippen LogP) is 18.2. The van der Waals surface area contributed by atoms with Crippen molar-refractivity contribution in [3.05, 3.63) is 0 Å². The minimum absolute atomic E-state index is 0.0235. The van der Waals surface area contributed by atoms with E-state index in [1.165, 1.54) is 154 Å². The highest BCUT2D eigenvalue weighted by Gasteiger charge is 2.50. The molecule has 1 rings (SSSR count). The zero-order chi connectivity index (χ0) is 41.0. The average Bonchev–Trinajstić information content (AvgIpc) is 3.42. The summed E-state index contributed by atoms with van der Waals surface area (Å²) in [5.41, 5.74) is 0.791. The van der Waals surface area contributed by atoms with Gasteiger partial charge in [-0.3, -0.25) is 0 Å². The second-order valence-corrected chi connectivity index (χ2v) is 20.5. The van der Waals surface area contributed by atoms with Gasteiger partial charge in [0, 0.05) is 0 Å². The molecule has 2 nitrogen and oxygen atoms in total. The maximum Gasteiger partial charge on any atom is 0.0737 e. The fourth-order valence-electron chi connectivity index (χ4n) is 11.5. The first-order chi connectivity index (χ1) is 25.5. The van der Waals surface area contributed by atoms with Crippen LogP contribution in [-0.4, -0.2) is 22.4 Å². The van der Waals surface area contributed by atoms with E-state index in [2.05, 4.69) is 104 Å². The van der Waals surface area contributed by atoms with Crippen LogP contribution in [0.1, 0.15) is 290 Å². The molecule has 0 aromatic heterocycles. The van der Waals surface area contributed by atoms with Gasteiger partial charge in [-0.25, -0.2) is 0 Å². The third kappa shape index (κ3) is 14.3. The molecule has 0 N–H and O–H groups in total. The normalized spacial score (nSPS) is 18.9. The quantitative estimate of drug-likeness (QED) is 0.0502. The highest BCUT2D eigenvalue weighted by atomic mass is 16.5. The van der Waals surface area contributed by atoms with Crippen LogP contribution in [0.15, 0.2) is 0 Å². The van der Waals surface area contributed by atoms with Gasteiger partial charge in [-0.1, -0.05) is 186 Å². The second kappa shape index (κ2) is 24.8. The molecule has 0 bridgehead atoms. The number of hydrogen-bond acceptors (Lipinski definition) is 2. The van der Waals surface area contributed by atoms with Gasteiger partial charge < -0.3 is 9.47 Å². The van der Waals surface area contributed by atoms with E-state index in [-0.39, 0.29) is 33.2 Å². The van der Waals surface area contributed by atoms with Crippen LogP contribution < -0.4 is 0 Å². The lowest BCUT2D eigenvalue weighted by Gasteiger charge is -2.53. The maximum atomic E-state index is 7.73. The highest BCUT2D eigenvalue weighted by molar-refractivity contribution is 5.00. The zero-order valence-electron chi connectivity index (χ0n) is 40.4. The maximum absolute atomic E-state index is 7.73. The number of unbranched alkanes of at least 4 members (excludes halogenated alkanes) is 6. The number of ether oxygens (including phenoxy) is 2. The van der Waals surface area contributed by atoms with Crippen molar-refractivity contribution in [1.82, 2.24) is 0 Å². The first kappa shape index (κ1) is 51.9. The minimum atomic E-state index is -0.0639. The average molecular weight is 761 g/mol. The Bertz CT molecular complexity index is 924. The van der Waals surface area contributed by atoms with Gasteiger partial charge in [0.25, 0.3) is 0 Å². The monoisotopic (exact) mass is 761 g/mol. The van der Waals surface area contributed by atoms with E-state index in [1.807, 2.05) is 0 Å². The Hall–Kier alpha value is -0.0800. The molecule has 3 atom stereocenters. The SMILES string of the molecule is CCCCC(C)(CCCC)OC(CC)(CC)C(C)(CCCCCCC(C)(CC)OC(CC)(CC)C(C)(CC)CC)CCCCC(C)C1(C)CCCCCC1. The predicted molar refractivity (Wildman–Crippen MR) is 243 cm³/mol. The largest absolute Gasteiger partial charge is 0.368 e. The summed E-state index contributed by atoms with van der Waals surface area (Å²) in [5.74, 6) is 0.835. The Kier molecular flexibility index (Phi) is 23.8. The summed E-state index contributed by atoms with van der Waals surface area (Å²) in [6, 6.07) is 0. The van der Waals surface area contributed by atoms with E-state index in [9.17, 15) is 0 Å². The van der Waals surface area contributed by atoms with Crippen LogP contribution in [-0.2, 0) is 9.47 Å². The lowest BCUT2D eigenvalue weighted by atomic mass is 9.63. The van der Waals surface area contributed by atoms with Crippen LogP contribution in [0.3, 0.4) is 0 Å². The molecule has 0 amide bonds. The highest BCUT2D eigenvalue weighted by Crippen LogP contribution is 2.52. The standard InChI is InChI=1S/C52H104O2/c1-16-25-42-50(15,43-26-17-2)54-52(23-8,24-9)48(13,41-36-31-37-45(10)46(11)38-32-27-28-33-39-46)40-34-29-30-35-44-49(14,20-5)53-51(21-6,22-7)47(12,18-3)19-4/h45H,16-44H2,1-15H3. The second-order valence-electron chi connectivity index (χ2n) is 20.5. The lowest BCUT2D eigenvalue weighted by molar-refractivity contribution is -0.218. The van der Waals surface area contributed by atoms with Gasteiger partial charge in [-0.15, -0.1) is 0 Å². The molecule has 0 aliphatic heterocycles. The molecule has 1 aliphatic carbocycles. The fourth-order valence-corrected chi connectivity index (χ4v) is 11.5. The van der Waals surface area contributed by atoms with Crippen molar-refractivity contribution in [3.63, 3.8) is 0 Å². The Labute approximate surface area is 343 Å². The molecule has 0 radical (unpaired) electrons. The molecule has 3 unspecified atom stereocenters. The van der Waals surface area contributed by atoms with Crippen molar-refractivity contribution in [2.24, 2.45) is 22.2 Å². The first-order valence-electron chi connectivity index (χ1n) is 24.9. The third-order valence-corrected chi connectivity index (χ3v) is 17.0. The minimum Gasteiger partial charge on any atom is -0.368 e. The third-order valence-electron chi connectivity index (χ3n) is 17.0. The van der Waals surface area contributed by atoms with Crippen molar-refractivity contribution in [3.8, 4) is 0 Å². The van der Waals surface area contributed by atoms with Gasteiger partial charge in [-0.2, -0.15) is 0 Å². The summed E-state index contributed by atoms with van der Waals surface area (Å²) in [6.45, 7) is 36.7. The van der Waals surface area contributed by atoms with Crippen LogP contribution in [0.5, 0.6) is 0 Å². The molecule has 0 heterocycles. The van der Waals surface area contributed by atoms with Crippen LogP contribution in [0.4, 0.5) is 0 Å². The molecule has 1 fully saturated rings. The van der Waals surface area contributed by atoms with E-state index < -0.39 is 0 Å². The van der Waals surface area contributed by atoms with Crippen molar-refractivity contribution in [2.45, 2.75) is 312 Å². The molecule has 0 aromatic carbocycles. The summed E-state index contributed by atoms with van der Waals surface area (Å²) in [5, 5.41) is 0. The smallest absolute Gasteiger partial charge is 0.0737 e. The topological polar surface area (TPSA) is 18.5 Å². The molecule has 2 heteroatoms. The van der Waals surface area contributed by atoms with E-state index in [1.54, 1.807) is 0 Å². The van der Waals surface area contributed by atoms with Crippen molar-refractivity contribution in [1.29, 1.82) is 0 Å². The summed E-state index contributed by atoms with van der Waals surface area (Å²) in [4.78, 5) is 0. The van der Waals surface area contributed by atoms with Crippen molar-refractivity contribution >= 4 is 0 Å². The molecule has 54 heavy (non-hydrogen) atoms. The Balaban J connectivity index is 3.16. The Morgan fingerprint density at radius 3 is 1.28 bits per heavy atom. The van der Waals surface area contributed by atoms with Gasteiger partial charge in [-0.05, 0) is 126 Å². The van der Waals surface area contributed by atoms with Crippen LogP contribution >= 0.6 is 0 Å². The zero-order valence-corrected chi connectivity index (χ0v) is 40.4. The molecular formula is C52H104O2. The summed E-state index contributed by atoms with van der Waals surface area (Å²) < 4.78 is 15.1. The lowest BCUT2D eigenvalue weighted by Crippen LogP contribution is -2.53. The van der Waals surface area contributed by atoms with E-state index in [0.717, 1.165) is 38.0 Å². The first-order valence-corrected chi connectivity index (χ1v) is 24.9. The van der Waals surface area contributed by atoms with Crippen LogP contribution in [0.25, 0.3) is 0 Å². The van der Waals surface area contributed by atoms with E-state index in [0.29, 0.717) is 5.41 Å². The van der Waals surface area contributed by atoms with Gasteiger partial charge in [0.2, 0.25) is 0 Å². The summed E-state index contributed by atoms with van der Waals surface area (Å²) in [6.07, 6.45) is 37.1.